The van der Waals surface area contributed by atoms with E-state index in [1.165, 1.54) is 98.1 Å². The number of aromatic nitrogens is 4. The highest BCUT2D eigenvalue weighted by molar-refractivity contribution is 5.91. The van der Waals surface area contributed by atoms with E-state index < -0.39 is 61.2 Å². The minimum atomic E-state index is -2.57. The Hall–Kier alpha value is -5.60. The zero-order chi connectivity index (χ0) is 30.9. The van der Waals surface area contributed by atoms with Gasteiger partial charge in [-0.05, 0) is 48.5 Å². The van der Waals surface area contributed by atoms with Gasteiger partial charge in [0.15, 0.2) is 12.2 Å². The minimum Gasteiger partial charge on any atom is -0.459 e. The van der Waals surface area contributed by atoms with E-state index in [1.807, 2.05) is 0 Å². The van der Waals surface area contributed by atoms with E-state index in [-0.39, 0.29) is 22.3 Å². The third-order valence-electron chi connectivity index (χ3n) is 6.32. The van der Waals surface area contributed by atoms with Gasteiger partial charge in [-0.3, -0.25) is 19.9 Å². The van der Waals surface area contributed by atoms with Crippen molar-refractivity contribution < 1.29 is 48.0 Å². The van der Waals surface area contributed by atoms with Gasteiger partial charge in [-0.15, -0.1) is 0 Å². The molecular weight excluding hydrogens is 576 g/mol. The first kappa shape index (κ1) is 29.9. The highest BCUT2D eigenvalue weighted by Crippen LogP contribution is 2.36. The molecule has 4 unspecified atom stereocenters. The number of aliphatic hydroxyl groups is 1. The number of hydrogen-bond acceptors (Lipinski definition) is 14. The summed E-state index contributed by atoms with van der Waals surface area (Å²) in [5.74, 6) is -6.10. The molecule has 14 nitrogen and oxygen atoms in total. The quantitative estimate of drug-likeness (QED) is 0.205. The zero-order valence-electron chi connectivity index (χ0n) is 22.8. The molecule has 14 heteroatoms. The van der Waals surface area contributed by atoms with E-state index in [2.05, 4.69) is 19.9 Å². The van der Waals surface area contributed by atoms with Gasteiger partial charge in [0.25, 0.3) is 0 Å². The summed E-state index contributed by atoms with van der Waals surface area (Å²) in [5, 5.41) is 11.7. The van der Waals surface area contributed by atoms with Gasteiger partial charge in [-0.25, -0.2) is 19.2 Å². The van der Waals surface area contributed by atoms with Crippen LogP contribution in [0.25, 0.3) is 0 Å². The van der Waals surface area contributed by atoms with Crippen molar-refractivity contribution >= 4 is 23.9 Å². The first-order valence-corrected chi connectivity index (χ1v) is 13.1. The molecule has 0 saturated carbocycles. The van der Waals surface area contributed by atoms with Crippen molar-refractivity contribution in [3.05, 3.63) is 120 Å². The molecule has 1 aliphatic rings. The lowest BCUT2D eigenvalue weighted by Crippen LogP contribution is -2.51. The predicted molar refractivity (Wildman–Crippen MR) is 146 cm³/mol. The molecule has 4 aromatic rings. The summed E-state index contributed by atoms with van der Waals surface area (Å²) in [7, 11) is 0. The predicted octanol–water partition coefficient (Wildman–Crippen LogP) is 1.82. The molecule has 1 N–H and O–H groups in total. The SMILES string of the molecule is O=C(OCC1OC(O)(COC(=O)c2cccnc2)C(OC(=O)c2cccnc2)C1OC(=O)c1cccnc1)c1cccnc1. The van der Waals surface area contributed by atoms with Crippen molar-refractivity contribution in [3.63, 3.8) is 0 Å². The molecule has 5 rings (SSSR count). The molecular formula is C30H24N4O10. The van der Waals surface area contributed by atoms with Crippen LogP contribution in [0.2, 0.25) is 0 Å². The van der Waals surface area contributed by atoms with Crippen LogP contribution in [0.3, 0.4) is 0 Å². The molecule has 224 valence electrons. The number of esters is 4. The van der Waals surface area contributed by atoms with Crippen LogP contribution in [0, 0.1) is 0 Å². The average molecular weight is 601 g/mol. The van der Waals surface area contributed by atoms with Gasteiger partial charge in [0.05, 0.1) is 22.3 Å². The second-order valence-corrected chi connectivity index (χ2v) is 9.34. The van der Waals surface area contributed by atoms with Gasteiger partial charge in [-0.2, -0.15) is 0 Å². The topological polar surface area (TPSA) is 186 Å². The summed E-state index contributed by atoms with van der Waals surface area (Å²) in [4.78, 5) is 67.1. The van der Waals surface area contributed by atoms with Gasteiger partial charge in [0.1, 0.15) is 19.3 Å². The van der Waals surface area contributed by atoms with Crippen molar-refractivity contribution in [2.45, 2.75) is 24.1 Å². The number of nitrogens with zero attached hydrogens (tertiary/aromatic N) is 4. The highest BCUT2D eigenvalue weighted by atomic mass is 16.7. The van der Waals surface area contributed by atoms with Crippen LogP contribution < -0.4 is 0 Å². The monoisotopic (exact) mass is 600 g/mol. The number of ether oxygens (including phenoxy) is 5. The summed E-state index contributed by atoms with van der Waals surface area (Å²) >= 11 is 0. The van der Waals surface area contributed by atoms with Crippen molar-refractivity contribution in [1.82, 2.24) is 19.9 Å². The Balaban J connectivity index is 1.44. The van der Waals surface area contributed by atoms with Crippen LogP contribution in [0.5, 0.6) is 0 Å². The normalized spacial score (nSPS) is 20.7. The minimum absolute atomic E-state index is 0.00555. The van der Waals surface area contributed by atoms with Gasteiger partial charge in [0.2, 0.25) is 5.79 Å². The first-order chi connectivity index (χ1) is 21.3. The summed E-state index contributed by atoms with van der Waals surface area (Å²) < 4.78 is 27.8. The van der Waals surface area contributed by atoms with E-state index in [4.69, 9.17) is 23.7 Å². The Morgan fingerprint density at radius 2 is 1.09 bits per heavy atom. The molecule has 0 radical (unpaired) electrons. The van der Waals surface area contributed by atoms with Crippen LogP contribution in [-0.2, 0) is 23.7 Å². The molecule has 1 fully saturated rings. The second-order valence-electron chi connectivity index (χ2n) is 9.34. The summed E-state index contributed by atoms with van der Waals surface area (Å²) in [5.41, 5.74) is 0.231. The Morgan fingerprint density at radius 1 is 0.659 bits per heavy atom. The number of carbonyl (C=O) groups excluding carboxylic acids is 4. The fourth-order valence-electron chi connectivity index (χ4n) is 4.19. The van der Waals surface area contributed by atoms with Crippen LogP contribution in [0.4, 0.5) is 0 Å². The van der Waals surface area contributed by atoms with Crippen LogP contribution in [0.15, 0.2) is 98.1 Å². The van der Waals surface area contributed by atoms with Crippen LogP contribution in [0.1, 0.15) is 41.4 Å². The van der Waals surface area contributed by atoms with Crippen LogP contribution in [-0.4, -0.2) is 86.2 Å². The maximum Gasteiger partial charge on any atom is 0.340 e. The Kier molecular flexibility index (Phi) is 9.22. The lowest BCUT2D eigenvalue weighted by Gasteiger charge is -2.29. The molecule has 1 saturated heterocycles. The summed E-state index contributed by atoms with van der Waals surface area (Å²) in [6.07, 6.45) is 6.08. The summed E-state index contributed by atoms with van der Waals surface area (Å²) in [6.45, 7) is -1.45. The smallest absolute Gasteiger partial charge is 0.340 e. The number of rotatable bonds is 10. The molecule has 0 aliphatic carbocycles. The Morgan fingerprint density at radius 3 is 1.55 bits per heavy atom. The first-order valence-electron chi connectivity index (χ1n) is 13.1. The molecule has 0 aromatic carbocycles. The van der Waals surface area contributed by atoms with E-state index in [9.17, 15) is 24.3 Å². The van der Waals surface area contributed by atoms with Crippen LogP contribution >= 0.6 is 0 Å². The van der Waals surface area contributed by atoms with Crippen molar-refractivity contribution in [2.24, 2.45) is 0 Å². The maximum atomic E-state index is 13.1. The van der Waals surface area contributed by atoms with E-state index >= 15 is 0 Å². The number of hydrogen-bond donors (Lipinski definition) is 1. The fourth-order valence-corrected chi connectivity index (χ4v) is 4.19. The van der Waals surface area contributed by atoms with E-state index in [0.29, 0.717) is 0 Å². The Bertz CT molecular complexity index is 1600. The van der Waals surface area contributed by atoms with Crippen molar-refractivity contribution in [2.75, 3.05) is 13.2 Å². The molecule has 5 heterocycles. The third kappa shape index (κ3) is 7.06. The number of carbonyl (C=O) groups is 4. The lowest BCUT2D eigenvalue weighted by molar-refractivity contribution is -0.247. The fraction of sp³-hybridized carbons (Fsp3) is 0.200. The lowest BCUT2D eigenvalue weighted by atomic mass is 10.0. The maximum absolute atomic E-state index is 13.1. The van der Waals surface area contributed by atoms with Gasteiger partial charge >= 0.3 is 23.9 Å². The van der Waals surface area contributed by atoms with Crippen molar-refractivity contribution in [1.29, 1.82) is 0 Å². The van der Waals surface area contributed by atoms with E-state index in [1.54, 1.807) is 0 Å². The molecule has 0 bridgehead atoms. The molecule has 0 spiro atoms. The van der Waals surface area contributed by atoms with Gasteiger partial charge in [-0.1, -0.05) is 0 Å². The molecule has 1 aliphatic heterocycles. The largest absolute Gasteiger partial charge is 0.459 e. The van der Waals surface area contributed by atoms with Crippen molar-refractivity contribution in [3.8, 4) is 0 Å². The standard InChI is InChI=1S/C30H24N4O10/c35-26(19-5-1-9-31-13-19)40-17-23-24(42-28(37)21-7-3-11-33-15-21)25(43-29(38)22-8-4-12-34-16-22)30(39,44-23)18-41-27(36)20-6-2-10-32-14-20/h1-16,23-25,39H,17-18H2. The Labute approximate surface area is 249 Å². The average Bonchev–Trinajstić information content (AvgIpc) is 3.33. The molecule has 44 heavy (non-hydrogen) atoms. The highest BCUT2D eigenvalue weighted by Gasteiger charge is 2.60. The van der Waals surface area contributed by atoms with Gasteiger partial charge in [0, 0.05) is 49.6 Å². The zero-order valence-corrected chi connectivity index (χ0v) is 22.8. The third-order valence-corrected chi connectivity index (χ3v) is 6.32. The molecule has 4 aromatic heterocycles. The number of pyridine rings is 4. The molecule has 4 atom stereocenters. The molecule has 0 amide bonds. The van der Waals surface area contributed by atoms with E-state index in [0.717, 1.165) is 0 Å². The second kappa shape index (κ2) is 13.6. The van der Waals surface area contributed by atoms with Gasteiger partial charge < -0.3 is 28.8 Å². The summed E-state index contributed by atoms with van der Waals surface area (Å²) in [6, 6.07) is 11.8.